The Balaban J connectivity index is 1.75. The van der Waals surface area contributed by atoms with Gasteiger partial charge in [-0.2, -0.15) is 5.10 Å². The van der Waals surface area contributed by atoms with Crippen LogP contribution in [0.2, 0.25) is 0 Å². The number of nitrogens with zero attached hydrogens (tertiary/aromatic N) is 2. The number of aryl methyl sites for hydroxylation is 3. The minimum absolute atomic E-state index is 0.0369. The molecule has 1 heterocycles. The minimum Gasteiger partial charge on any atom is -0.451 e. The van der Waals surface area contributed by atoms with Crippen LogP contribution in [0.25, 0.3) is 10.8 Å². The van der Waals surface area contributed by atoms with Gasteiger partial charge < -0.3 is 10.1 Å². The molecule has 0 atom stereocenters. The molecular weight excluding hydrogens is 406 g/mol. The summed E-state index contributed by atoms with van der Waals surface area (Å²) in [4.78, 5) is 37.9. The quantitative estimate of drug-likeness (QED) is 0.398. The normalized spacial score (nSPS) is 10.8. The van der Waals surface area contributed by atoms with Gasteiger partial charge >= 0.3 is 5.97 Å². The van der Waals surface area contributed by atoms with Gasteiger partial charge in [0.25, 0.3) is 11.5 Å². The second kappa shape index (κ2) is 10.7. The third kappa shape index (κ3) is 5.81. The second-order valence-electron chi connectivity index (χ2n) is 7.98. The van der Waals surface area contributed by atoms with E-state index in [2.05, 4.69) is 17.3 Å². The van der Waals surface area contributed by atoms with Crippen LogP contribution >= 0.6 is 0 Å². The van der Waals surface area contributed by atoms with E-state index in [0.29, 0.717) is 23.0 Å². The Hall–Kier alpha value is -3.48. The molecule has 1 amide bonds. The zero-order valence-corrected chi connectivity index (χ0v) is 18.8. The lowest BCUT2D eigenvalue weighted by Gasteiger charge is -2.11. The molecular formula is C25H29N3O4. The Morgan fingerprint density at radius 1 is 1.00 bits per heavy atom. The molecule has 0 aliphatic rings. The number of rotatable bonds is 9. The number of carbonyl (C=O) groups excluding carboxylic acids is 2. The van der Waals surface area contributed by atoms with Gasteiger partial charge in [0, 0.05) is 17.6 Å². The summed E-state index contributed by atoms with van der Waals surface area (Å²) < 4.78 is 6.56. The number of hydrogen-bond acceptors (Lipinski definition) is 5. The van der Waals surface area contributed by atoms with E-state index < -0.39 is 18.5 Å². The first-order valence-electron chi connectivity index (χ1n) is 10.9. The van der Waals surface area contributed by atoms with Crippen molar-refractivity contribution in [2.75, 3.05) is 11.9 Å². The number of hydrogen-bond donors (Lipinski definition) is 1. The van der Waals surface area contributed by atoms with Crippen molar-refractivity contribution in [1.29, 1.82) is 0 Å². The molecule has 0 saturated heterocycles. The molecule has 0 saturated carbocycles. The number of carbonyl (C=O) groups is 2. The number of aromatic nitrogens is 2. The van der Waals surface area contributed by atoms with Crippen LogP contribution in [0.5, 0.6) is 0 Å². The van der Waals surface area contributed by atoms with Crippen LogP contribution < -0.4 is 10.9 Å². The number of benzene rings is 2. The maximum absolute atomic E-state index is 12.8. The van der Waals surface area contributed by atoms with Gasteiger partial charge in [0.2, 0.25) is 0 Å². The molecule has 0 aliphatic heterocycles. The molecule has 3 rings (SSSR count). The van der Waals surface area contributed by atoms with Crippen molar-refractivity contribution >= 4 is 28.3 Å². The molecule has 0 fully saturated rings. The van der Waals surface area contributed by atoms with Crippen LogP contribution in [-0.2, 0) is 16.1 Å². The van der Waals surface area contributed by atoms with Gasteiger partial charge in [-0.25, -0.2) is 9.48 Å². The average molecular weight is 436 g/mol. The molecule has 0 aliphatic carbocycles. The van der Waals surface area contributed by atoms with Gasteiger partial charge in [0.05, 0.1) is 5.39 Å². The summed E-state index contributed by atoms with van der Waals surface area (Å²) in [5.41, 5.74) is 2.49. The lowest BCUT2D eigenvalue weighted by molar-refractivity contribution is -0.119. The van der Waals surface area contributed by atoms with Crippen LogP contribution in [0.1, 0.15) is 54.2 Å². The highest BCUT2D eigenvalue weighted by Gasteiger charge is 2.19. The first kappa shape index (κ1) is 23.2. The topological polar surface area (TPSA) is 90.3 Å². The van der Waals surface area contributed by atoms with E-state index in [1.807, 2.05) is 32.0 Å². The van der Waals surface area contributed by atoms with Crippen LogP contribution in [0.4, 0.5) is 5.69 Å². The Morgan fingerprint density at radius 3 is 2.38 bits per heavy atom. The van der Waals surface area contributed by atoms with Crippen LogP contribution in [0, 0.1) is 13.8 Å². The summed E-state index contributed by atoms with van der Waals surface area (Å²) in [7, 11) is 0. The molecule has 1 aromatic heterocycles. The molecule has 0 radical (unpaired) electrons. The Morgan fingerprint density at radius 2 is 1.69 bits per heavy atom. The molecule has 7 nitrogen and oxygen atoms in total. The SMILES string of the molecule is CCCCCCn1nc(C(=O)OCC(=O)Nc2cc(C)cc(C)c2)c2ccccc2c1=O. The molecule has 0 bridgehead atoms. The van der Waals surface area contributed by atoms with E-state index in [1.54, 1.807) is 24.3 Å². The van der Waals surface area contributed by atoms with Crippen LogP contribution in [0.3, 0.4) is 0 Å². The summed E-state index contributed by atoms with van der Waals surface area (Å²) in [6.07, 6.45) is 3.94. The molecule has 1 N–H and O–H groups in total. The molecule has 7 heteroatoms. The first-order valence-corrected chi connectivity index (χ1v) is 10.9. The van der Waals surface area contributed by atoms with Gasteiger partial charge in [0.15, 0.2) is 12.3 Å². The second-order valence-corrected chi connectivity index (χ2v) is 7.98. The number of fused-ring (bicyclic) bond motifs is 1. The number of esters is 1. The number of ether oxygens (including phenoxy) is 1. The Kier molecular flexibility index (Phi) is 7.76. The first-order chi connectivity index (χ1) is 15.4. The zero-order valence-electron chi connectivity index (χ0n) is 18.8. The van der Waals surface area contributed by atoms with E-state index in [0.717, 1.165) is 36.8 Å². The van der Waals surface area contributed by atoms with E-state index in [-0.39, 0.29) is 11.3 Å². The number of unbranched alkanes of at least 4 members (excludes halogenated alkanes) is 3. The lowest BCUT2D eigenvalue weighted by atomic mass is 10.1. The highest BCUT2D eigenvalue weighted by Crippen LogP contribution is 2.16. The van der Waals surface area contributed by atoms with Gasteiger partial charge in [-0.1, -0.05) is 50.5 Å². The maximum Gasteiger partial charge on any atom is 0.359 e. The van der Waals surface area contributed by atoms with Crippen molar-refractivity contribution in [3.8, 4) is 0 Å². The van der Waals surface area contributed by atoms with Gasteiger partial charge in [0.1, 0.15) is 0 Å². The summed E-state index contributed by atoms with van der Waals surface area (Å²) in [5.74, 6) is -1.18. The molecule has 0 spiro atoms. The van der Waals surface area contributed by atoms with Gasteiger partial charge in [-0.05, 0) is 49.6 Å². The summed E-state index contributed by atoms with van der Waals surface area (Å²) in [6, 6.07) is 12.5. The minimum atomic E-state index is -0.737. The van der Waals surface area contributed by atoms with Crippen LogP contribution in [-0.4, -0.2) is 28.3 Å². The molecule has 3 aromatic rings. The number of anilines is 1. The van der Waals surface area contributed by atoms with Crippen molar-refractivity contribution in [3.05, 3.63) is 69.6 Å². The predicted molar refractivity (Wildman–Crippen MR) is 125 cm³/mol. The molecule has 32 heavy (non-hydrogen) atoms. The number of nitrogens with one attached hydrogen (secondary N) is 1. The third-order valence-electron chi connectivity index (χ3n) is 5.12. The highest BCUT2D eigenvalue weighted by molar-refractivity contribution is 6.03. The van der Waals surface area contributed by atoms with Crippen molar-refractivity contribution in [1.82, 2.24) is 9.78 Å². The Bertz CT molecular complexity index is 1160. The fraction of sp³-hybridized carbons (Fsp3) is 0.360. The zero-order chi connectivity index (χ0) is 23.1. The van der Waals surface area contributed by atoms with E-state index in [4.69, 9.17) is 4.74 Å². The largest absolute Gasteiger partial charge is 0.451 e. The van der Waals surface area contributed by atoms with E-state index in [1.165, 1.54) is 4.68 Å². The van der Waals surface area contributed by atoms with Crippen LogP contribution in [0.15, 0.2) is 47.3 Å². The Labute approximate surface area is 187 Å². The monoisotopic (exact) mass is 435 g/mol. The summed E-state index contributed by atoms with van der Waals surface area (Å²) in [5, 5.41) is 7.84. The van der Waals surface area contributed by atoms with Crippen molar-refractivity contribution in [2.24, 2.45) is 0 Å². The predicted octanol–water partition coefficient (Wildman–Crippen LogP) is 4.39. The third-order valence-corrected chi connectivity index (χ3v) is 5.12. The average Bonchev–Trinajstić information content (AvgIpc) is 2.76. The standard InChI is InChI=1S/C25H29N3O4/c1-4-5-6-9-12-28-24(30)21-11-8-7-10-20(21)23(27-28)25(31)32-16-22(29)26-19-14-17(2)13-18(3)15-19/h7-8,10-11,13-15H,4-6,9,12,16H2,1-3H3,(H,26,29). The van der Waals surface area contributed by atoms with E-state index in [9.17, 15) is 14.4 Å². The highest BCUT2D eigenvalue weighted by atomic mass is 16.5. The number of amides is 1. The summed E-state index contributed by atoms with van der Waals surface area (Å²) >= 11 is 0. The fourth-order valence-corrected chi connectivity index (χ4v) is 3.67. The lowest BCUT2D eigenvalue weighted by Crippen LogP contribution is -2.28. The fourth-order valence-electron chi connectivity index (χ4n) is 3.67. The molecule has 0 unspecified atom stereocenters. The van der Waals surface area contributed by atoms with Crippen molar-refractivity contribution in [2.45, 2.75) is 53.0 Å². The summed E-state index contributed by atoms with van der Waals surface area (Å²) in [6.45, 7) is 5.98. The smallest absolute Gasteiger partial charge is 0.359 e. The van der Waals surface area contributed by atoms with Crippen molar-refractivity contribution < 1.29 is 14.3 Å². The maximum atomic E-state index is 12.8. The van der Waals surface area contributed by atoms with E-state index >= 15 is 0 Å². The van der Waals surface area contributed by atoms with Crippen molar-refractivity contribution in [3.63, 3.8) is 0 Å². The molecule has 168 valence electrons. The molecule has 2 aromatic carbocycles. The van der Waals surface area contributed by atoms with Gasteiger partial charge in [-0.15, -0.1) is 0 Å². The van der Waals surface area contributed by atoms with Gasteiger partial charge in [-0.3, -0.25) is 9.59 Å².